The van der Waals surface area contributed by atoms with E-state index in [1.807, 2.05) is 19.1 Å². The molecule has 10 heteroatoms. The standard InChI is InChI=1S/C24H31N5O4S/c1-16-6-7-19(32-4)21-22(16)34-24(26-21)29(9-5-8-27-10-12-33-13-11-27)20(30)14-28-15-25-18(3)17(2)23(28)31/h6-7,15H,5,8-14H2,1-4H3. The second-order valence-corrected chi connectivity index (χ2v) is 9.48. The Morgan fingerprint density at radius 3 is 2.74 bits per heavy atom. The molecular weight excluding hydrogens is 454 g/mol. The quantitative estimate of drug-likeness (QED) is 0.484. The molecule has 3 heterocycles. The third-order valence-electron chi connectivity index (χ3n) is 6.22. The molecular formula is C24H31N5O4S. The zero-order valence-electron chi connectivity index (χ0n) is 20.2. The summed E-state index contributed by atoms with van der Waals surface area (Å²) in [5, 5.41) is 0.611. The molecule has 1 aliphatic rings. The number of hydrogen-bond acceptors (Lipinski definition) is 8. The van der Waals surface area contributed by atoms with Crippen molar-refractivity contribution in [2.24, 2.45) is 0 Å². The van der Waals surface area contributed by atoms with Gasteiger partial charge >= 0.3 is 0 Å². The predicted octanol–water partition coefficient (Wildman–Crippen LogP) is 2.54. The van der Waals surface area contributed by atoms with Crippen LogP contribution < -0.4 is 15.2 Å². The first-order chi connectivity index (χ1) is 16.4. The van der Waals surface area contributed by atoms with Gasteiger partial charge < -0.3 is 9.47 Å². The number of aromatic nitrogens is 3. The van der Waals surface area contributed by atoms with Crippen LogP contribution in [0.5, 0.6) is 5.75 Å². The smallest absolute Gasteiger partial charge is 0.256 e. The molecule has 0 bridgehead atoms. The number of nitrogens with zero attached hydrogens (tertiary/aromatic N) is 5. The maximum absolute atomic E-state index is 13.5. The van der Waals surface area contributed by atoms with Gasteiger partial charge in [-0.1, -0.05) is 17.4 Å². The van der Waals surface area contributed by atoms with Crippen LogP contribution in [0.2, 0.25) is 0 Å². The monoisotopic (exact) mass is 485 g/mol. The van der Waals surface area contributed by atoms with E-state index in [2.05, 4.69) is 9.88 Å². The highest BCUT2D eigenvalue weighted by molar-refractivity contribution is 7.22. The molecule has 0 aliphatic carbocycles. The summed E-state index contributed by atoms with van der Waals surface area (Å²) in [6, 6.07) is 3.89. The van der Waals surface area contributed by atoms with Crippen LogP contribution in [-0.2, 0) is 16.1 Å². The van der Waals surface area contributed by atoms with E-state index in [1.165, 1.54) is 22.2 Å². The maximum Gasteiger partial charge on any atom is 0.256 e. The lowest BCUT2D eigenvalue weighted by molar-refractivity contribution is -0.119. The number of anilines is 1. The first kappa shape index (κ1) is 24.3. The number of morpholine rings is 1. The molecule has 182 valence electrons. The number of rotatable bonds is 8. The van der Waals surface area contributed by atoms with Gasteiger partial charge in [0.25, 0.3) is 5.56 Å². The normalized spacial score (nSPS) is 14.5. The molecule has 1 aliphatic heterocycles. The molecule has 1 saturated heterocycles. The van der Waals surface area contributed by atoms with Gasteiger partial charge in [0.2, 0.25) is 5.91 Å². The van der Waals surface area contributed by atoms with Crippen LogP contribution in [0, 0.1) is 20.8 Å². The minimum absolute atomic E-state index is 0.0868. The lowest BCUT2D eigenvalue weighted by atomic mass is 10.2. The second-order valence-electron chi connectivity index (χ2n) is 8.50. The average Bonchev–Trinajstić information content (AvgIpc) is 3.29. The molecule has 1 fully saturated rings. The van der Waals surface area contributed by atoms with Gasteiger partial charge in [-0.3, -0.25) is 24.0 Å². The van der Waals surface area contributed by atoms with Gasteiger partial charge in [-0.2, -0.15) is 0 Å². The Kier molecular flexibility index (Phi) is 7.60. The van der Waals surface area contributed by atoms with E-state index >= 15 is 0 Å². The fraction of sp³-hybridized carbons (Fsp3) is 0.500. The Balaban J connectivity index is 1.62. The molecule has 0 unspecified atom stereocenters. The van der Waals surface area contributed by atoms with Crippen LogP contribution in [0.1, 0.15) is 23.2 Å². The molecule has 4 rings (SSSR count). The summed E-state index contributed by atoms with van der Waals surface area (Å²) in [5.74, 6) is 0.489. The fourth-order valence-electron chi connectivity index (χ4n) is 4.00. The number of hydrogen-bond donors (Lipinski definition) is 0. The fourth-order valence-corrected chi connectivity index (χ4v) is 5.10. The van der Waals surface area contributed by atoms with E-state index in [0.717, 1.165) is 55.0 Å². The molecule has 1 amide bonds. The first-order valence-electron chi connectivity index (χ1n) is 11.5. The third-order valence-corrected chi connectivity index (χ3v) is 7.44. The number of benzene rings is 1. The zero-order valence-corrected chi connectivity index (χ0v) is 21.0. The minimum Gasteiger partial charge on any atom is -0.494 e. The molecule has 0 spiro atoms. The Bertz CT molecular complexity index is 1230. The number of ether oxygens (including phenoxy) is 2. The second kappa shape index (κ2) is 10.6. The molecule has 0 radical (unpaired) electrons. The number of carbonyl (C=O) groups is 1. The molecule has 2 aromatic heterocycles. The summed E-state index contributed by atoms with van der Waals surface area (Å²) in [4.78, 5) is 39.3. The number of aryl methyl sites for hydroxylation is 2. The number of carbonyl (C=O) groups excluding carboxylic acids is 1. The van der Waals surface area contributed by atoms with Crippen molar-refractivity contribution in [2.45, 2.75) is 33.7 Å². The van der Waals surface area contributed by atoms with Gasteiger partial charge in [0, 0.05) is 37.4 Å². The van der Waals surface area contributed by atoms with E-state index in [9.17, 15) is 9.59 Å². The highest BCUT2D eigenvalue weighted by Gasteiger charge is 2.23. The third kappa shape index (κ3) is 5.13. The molecule has 0 saturated carbocycles. The summed E-state index contributed by atoms with van der Waals surface area (Å²) in [5.41, 5.74) is 2.85. The van der Waals surface area contributed by atoms with Crippen LogP contribution in [0.25, 0.3) is 10.2 Å². The Morgan fingerprint density at radius 2 is 2.00 bits per heavy atom. The lowest BCUT2D eigenvalue weighted by Gasteiger charge is -2.27. The first-order valence-corrected chi connectivity index (χ1v) is 12.3. The van der Waals surface area contributed by atoms with E-state index in [4.69, 9.17) is 14.5 Å². The van der Waals surface area contributed by atoms with E-state index in [1.54, 1.807) is 25.9 Å². The van der Waals surface area contributed by atoms with E-state index < -0.39 is 0 Å². The topological polar surface area (TPSA) is 89.8 Å². The number of fused-ring (bicyclic) bond motifs is 1. The summed E-state index contributed by atoms with van der Waals surface area (Å²) in [6.07, 6.45) is 2.23. The Hall–Kier alpha value is -2.82. The van der Waals surface area contributed by atoms with Crippen LogP contribution in [0.4, 0.5) is 5.13 Å². The van der Waals surface area contributed by atoms with Crippen LogP contribution >= 0.6 is 11.3 Å². The molecule has 34 heavy (non-hydrogen) atoms. The summed E-state index contributed by atoms with van der Waals surface area (Å²) in [7, 11) is 1.62. The summed E-state index contributed by atoms with van der Waals surface area (Å²) in [6.45, 7) is 10.1. The van der Waals surface area contributed by atoms with E-state index in [-0.39, 0.29) is 18.0 Å². The molecule has 1 aromatic carbocycles. The van der Waals surface area contributed by atoms with Crippen molar-refractivity contribution in [3.05, 3.63) is 45.6 Å². The van der Waals surface area contributed by atoms with Crippen molar-refractivity contribution >= 4 is 32.6 Å². The summed E-state index contributed by atoms with van der Waals surface area (Å²) < 4.78 is 13.3. The van der Waals surface area contributed by atoms with Crippen LogP contribution in [0.15, 0.2) is 23.3 Å². The van der Waals surface area contributed by atoms with Gasteiger partial charge in [0.15, 0.2) is 5.13 Å². The van der Waals surface area contributed by atoms with Gasteiger partial charge in [0.1, 0.15) is 17.8 Å². The molecule has 0 atom stereocenters. The SMILES string of the molecule is COc1ccc(C)c2sc(N(CCCN3CCOCC3)C(=O)Cn3cnc(C)c(C)c3=O)nc12. The van der Waals surface area contributed by atoms with Crippen molar-refractivity contribution in [3.63, 3.8) is 0 Å². The van der Waals surface area contributed by atoms with Crippen molar-refractivity contribution < 1.29 is 14.3 Å². The number of thiazole rings is 1. The van der Waals surface area contributed by atoms with Crippen molar-refractivity contribution in [3.8, 4) is 5.75 Å². The lowest BCUT2D eigenvalue weighted by Crippen LogP contribution is -2.41. The van der Waals surface area contributed by atoms with Gasteiger partial charge in [-0.15, -0.1) is 0 Å². The predicted molar refractivity (Wildman–Crippen MR) is 133 cm³/mol. The van der Waals surface area contributed by atoms with Crippen LogP contribution in [0.3, 0.4) is 0 Å². The molecule has 9 nitrogen and oxygen atoms in total. The average molecular weight is 486 g/mol. The van der Waals surface area contributed by atoms with Crippen molar-refractivity contribution in [1.82, 2.24) is 19.4 Å². The van der Waals surface area contributed by atoms with Crippen molar-refractivity contribution in [1.29, 1.82) is 0 Å². The largest absolute Gasteiger partial charge is 0.494 e. The Morgan fingerprint density at radius 1 is 1.24 bits per heavy atom. The van der Waals surface area contributed by atoms with Gasteiger partial charge in [0.05, 0.1) is 31.4 Å². The summed E-state index contributed by atoms with van der Waals surface area (Å²) >= 11 is 1.47. The Labute approximate surface area is 202 Å². The zero-order chi connectivity index (χ0) is 24.2. The van der Waals surface area contributed by atoms with Gasteiger partial charge in [-0.05, 0) is 38.8 Å². The van der Waals surface area contributed by atoms with Crippen molar-refractivity contribution in [2.75, 3.05) is 51.4 Å². The highest BCUT2D eigenvalue weighted by Crippen LogP contribution is 2.36. The highest BCUT2D eigenvalue weighted by atomic mass is 32.1. The van der Waals surface area contributed by atoms with Gasteiger partial charge in [-0.25, -0.2) is 9.97 Å². The maximum atomic E-state index is 13.5. The molecule has 3 aromatic rings. The van der Waals surface area contributed by atoms with Crippen LogP contribution in [-0.4, -0.2) is 71.8 Å². The number of amides is 1. The minimum atomic E-state index is -0.198. The number of methoxy groups -OCH3 is 1. The molecule has 0 N–H and O–H groups in total. The van der Waals surface area contributed by atoms with E-state index in [0.29, 0.717) is 28.7 Å².